The number of aliphatic carboxylic acids is 1. The van der Waals surface area contributed by atoms with Crippen molar-refractivity contribution in [1.82, 2.24) is 14.8 Å². The predicted octanol–water partition coefficient (Wildman–Crippen LogP) is 0.196. The third-order valence-corrected chi connectivity index (χ3v) is 1.86. The van der Waals surface area contributed by atoms with Crippen LogP contribution in [0.1, 0.15) is 11.9 Å². The minimum atomic E-state index is -0.819. The molecule has 0 aliphatic carbocycles. The Morgan fingerprint density at radius 1 is 1.82 bits per heavy atom. The first-order valence-corrected chi connectivity index (χ1v) is 3.84. The summed E-state index contributed by atoms with van der Waals surface area (Å²) in [4.78, 5) is 10.4. The van der Waals surface area contributed by atoms with Gasteiger partial charge in [-0.1, -0.05) is 11.4 Å². The Hall–Kier alpha value is -1.04. The molecule has 0 saturated heterocycles. The first kappa shape index (κ1) is 8.06. The second-order valence-corrected chi connectivity index (χ2v) is 3.02. The Labute approximate surface area is 67.2 Å². The molecule has 1 atom stereocenters. The molecule has 1 rings (SSSR count). The molecule has 60 valence electrons. The highest BCUT2D eigenvalue weighted by Crippen LogP contribution is 2.07. The van der Waals surface area contributed by atoms with E-state index in [0.29, 0.717) is 11.4 Å². The normalized spacial score (nSPS) is 12.8. The fourth-order valence-electron chi connectivity index (χ4n) is 0.579. The molecule has 6 heteroatoms. The van der Waals surface area contributed by atoms with Gasteiger partial charge in [0, 0.05) is 18.0 Å². The van der Waals surface area contributed by atoms with Crippen molar-refractivity contribution >= 4 is 17.5 Å². The van der Waals surface area contributed by atoms with Gasteiger partial charge < -0.3 is 5.11 Å². The average molecular weight is 173 g/mol. The molecule has 11 heavy (non-hydrogen) atoms. The molecule has 1 aromatic heterocycles. The van der Waals surface area contributed by atoms with Crippen molar-refractivity contribution in [1.29, 1.82) is 0 Å². The largest absolute Gasteiger partial charge is 0.481 e. The van der Waals surface area contributed by atoms with Crippen LogP contribution in [-0.2, 0) is 11.2 Å². The van der Waals surface area contributed by atoms with Gasteiger partial charge in [-0.3, -0.25) is 4.79 Å². The second kappa shape index (κ2) is 3.38. The van der Waals surface area contributed by atoms with Crippen LogP contribution < -0.4 is 0 Å². The number of rotatable bonds is 3. The molecule has 0 aromatic carbocycles. The third kappa shape index (κ3) is 2.23. The number of carboxylic acid groups (broad SMARTS) is 1. The van der Waals surface area contributed by atoms with E-state index in [4.69, 9.17) is 5.11 Å². The molecule has 1 unspecified atom stereocenters. The first-order valence-electron chi connectivity index (χ1n) is 3.07. The van der Waals surface area contributed by atoms with Crippen molar-refractivity contribution in [2.45, 2.75) is 13.3 Å². The van der Waals surface area contributed by atoms with Crippen LogP contribution in [-0.4, -0.2) is 25.9 Å². The molecule has 1 aromatic rings. The Balaban J connectivity index is 2.50. The van der Waals surface area contributed by atoms with Crippen LogP contribution in [0.5, 0.6) is 0 Å². The van der Waals surface area contributed by atoms with Gasteiger partial charge in [0.25, 0.3) is 0 Å². The van der Waals surface area contributed by atoms with Gasteiger partial charge in [0.2, 0.25) is 0 Å². The summed E-state index contributed by atoms with van der Waals surface area (Å²) in [7, 11) is 0. The van der Waals surface area contributed by atoms with Gasteiger partial charge in [0.05, 0.1) is 5.92 Å². The zero-order chi connectivity index (χ0) is 8.27. The Kier molecular flexibility index (Phi) is 2.48. The van der Waals surface area contributed by atoms with Crippen LogP contribution >= 0.6 is 11.5 Å². The van der Waals surface area contributed by atoms with Crippen molar-refractivity contribution in [3.63, 3.8) is 0 Å². The van der Waals surface area contributed by atoms with E-state index in [0.717, 1.165) is 11.5 Å². The lowest BCUT2D eigenvalue weighted by Gasteiger charge is -1.99. The van der Waals surface area contributed by atoms with E-state index in [9.17, 15) is 4.79 Å². The van der Waals surface area contributed by atoms with Gasteiger partial charge in [-0.05, 0) is 5.21 Å². The van der Waals surface area contributed by atoms with Gasteiger partial charge in [-0.2, -0.15) is 0 Å². The van der Waals surface area contributed by atoms with E-state index in [1.807, 2.05) is 0 Å². The molecule has 1 N–H and O–H groups in total. The molecular weight excluding hydrogens is 166 g/mol. The summed E-state index contributed by atoms with van der Waals surface area (Å²) in [5.74, 6) is -1.23. The smallest absolute Gasteiger partial charge is 0.306 e. The maximum atomic E-state index is 10.4. The Bertz CT molecular complexity index is 236. The van der Waals surface area contributed by atoms with Gasteiger partial charge in [0.1, 0.15) is 5.01 Å². The molecule has 1 heterocycles. The molecule has 0 bridgehead atoms. The molecule has 0 spiro atoms. The summed E-state index contributed by atoms with van der Waals surface area (Å²) in [5, 5.41) is 16.2. The number of carboxylic acids is 1. The predicted molar refractivity (Wildman–Crippen MR) is 38.2 cm³/mol. The third-order valence-electron chi connectivity index (χ3n) is 1.24. The highest BCUT2D eigenvalue weighted by Gasteiger charge is 2.13. The van der Waals surface area contributed by atoms with Gasteiger partial charge in [0.15, 0.2) is 0 Å². The summed E-state index contributed by atoms with van der Waals surface area (Å²) in [6.45, 7) is 1.63. The molecule has 0 aliphatic heterocycles. The summed E-state index contributed by atoms with van der Waals surface area (Å²) >= 11 is 1.13. The summed E-state index contributed by atoms with van der Waals surface area (Å²) in [6, 6.07) is 0. The molecule has 0 radical (unpaired) electrons. The maximum absolute atomic E-state index is 10.4. The molecule has 0 saturated carbocycles. The lowest BCUT2D eigenvalue weighted by Crippen LogP contribution is -2.11. The van der Waals surface area contributed by atoms with Crippen molar-refractivity contribution < 1.29 is 9.90 Å². The van der Waals surface area contributed by atoms with Crippen LogP contribution in [0.25, 0.3) is 0 Å². The number of hydrogen-bond acceptors (Lipinski definition) is 5. The summed E-state index contributed by atoms with van der Waals surface area (Å²) < 4.78 is 3.52. The van der Waals surface area contributed by atoms with E-state index < -0.39 is 11.9 Å². The van der Waals surface area contributed by atoms with E-state index in [1.165, 1.54) is 0 Å². The second-order valence-electron chi connectivity index (χ2n) is 2.20. The van der Waals surface area contributed by atoms with Crippen molar-refractivity contribution in [3.8, 4) is 0 Å². The molecule has 0 amide bonds. The Morgan fingerprint density at radius 2 is 2.55 bits per heavy atom. The van der Waals surface area contributed by atoms with Crippen molar-refractivity contribution in [2.24, 2.45) is 5.92 Å². The summed E-state index contributed by atoms with van der Waals surface area (Å²) in [6.07, 6.45) is 0.410. The van der Waals surface area contributed by atoms with Crippen LogP contribution in [0.2, 0.25) is 0 Å². The van der Waals surface area contributed by atoms with E-state index in [1.54, 1.807) is 6.92 Å². The quantitative estimate of drug-likeness (QED) is 0.706. The highest BCUT2D eigenvalue weighted by atomic mass is 32.1. The standard InChI is InChI=1S/C5H7N3O2S/c1-3(5(9)10)2-4-6-7-8-11-4/h3H,2H2,1H3,(H,9,10). The average Bonchev–Trinajstić information content (AvgIpc) is 2.39. The highest BCUT2D eigenvalue weighted by molar-refractivity contribution is 7.05. The number of nitrogens with zero attached hydrogens (tertiary/aromatic N) is 3. The summed E-state index contributed by atoms with van der Waals surface area (Å²) in [5.41, 5.74) is 0. The van der Waals surface area contributed by atoms with Crippen LogP contribution in [0.15, 0.2) is 0 Å². The first-order chi connectivity index (χ1) is 5.20. The topological polar surface area (TPSA) is 76.0 Å². The minimum Gasteiger partial charge on any atom is -0.481 e. The van der Waals surface area contributed by atoms with Gasteiger partial charge in [-0.25, -0.2) is 0 Å². The zero-order valence-corrected chi connectivity index (χ0v) is 6.71. The maximum Gasteiger partial charge on any atom is 0.306 e. The van der Waals surface area contributed by atoms with Gasteiger partial charge in [-0.15, -0.1) is 5.10 Å². The Morgan fingerprint density at radius 3 is 3.00 bits per heavy atom. The van der Waals surface area contributed by atoms with Crippen LogP contribution in [0.3, 0.4) is 0 Å². The lowest BCUT2D eigenvalue weighted by molar-refractivity contribution is -0.141. The molecular formula is C5H7N3O2S. The fourth-order valence-corrected chi connectivity index (χ4v) is 1.14. The number of hydrogen-bond donors (Lipinski definition) is 1. The van der Waals surface area contributed by atoms with E-state index >= 15 is 0 Å². The SMILES string of the molecule is CC(Cc1nnns1)C(=O)O. The minimum absolute atomic E-state index is 0.410. The molecule has 5 nitrogen and oxygen atoms in total. The monoisotopic (exact) mass is 173 g/mol. The van der Waals surface area contributed by atoms with Crippen molar-refractivity contribution in [3.05, 3.63) is 5.01 Å². The van der Waals surface area contributed by atoms with Crippen LogP contribution in [0.4, 0.5) is 0 Å². The van der Waals surface area contributed by atoms with Gasteiger partial charge >= 0.3 is 5.97 Å². The number of aromatic nitrogens is 3. The zero-order valence-electron chi connectivity index (χ0n) is 5.89. The lowest BCUT2D eigenvalue weighted by atomic mass is 10.1. The fraction of sp³-hybridized carbons (Fsp3) is 0.600. The molecule has 0 fully saturated rings. The van der Waals surface area contributed by atoms with Crippen molar-refractivity contribution in [2.75, 3.05) is 0 Å². The van der Waals surface area contributed by atoms with E-state index in [2.05, 4.69) is 14.8 Å². The van der Waals surface area contributed by atoms with Crippen LogP contribution in [0, 0.1) is 5.92 Å². The molecule has 0 aliphatic rings. The van der Waals surface area contributed by atoms with E-state index in [-0.39, 0.29) is 0 Å². The number of carbonyl (C=O) groups is 1.